The lowest BCUT2D eigenvalue weighted by molar-refractivity contribution is -0.0178. The highest BCUT2D eigenvalue weighted by Gasteiger charge is 2.57. The van der Waals surface area contributed by atoms with Gasteiger partial charge >= 0.3 is 0 Å². The maximum atomic E-state index is 12.6. The molecule has 6 rings (SSSR count). The van der Waals surface area contributed by atoms with Crippen LogP contribution in [0.4, 0.5) is 0 Å². The molecule has 0 saturated carbocycles. The molecule has 4 aliphatic rings. The molecule has 7 nitrogen and oxygen atoms in total. The molecule has 0 radical (unpaired) electrons. The molecular weight excluding hydrogens is 536 g/mol. The van der Waals surface area contributed by atoms with Crippen LogP contribution in [0.5, 0.6) is 0 Å². The number of likely N-dealkylation sites (N-methyl/N-ethyl adjacent to an activating group) is 2. The Labute approximate surface area is 256 Å². The quantitative estimate of drug-likeness (QED) is 0.455. The Balaban J connectivity index is 1.41. The van der Waals surface area contributed by atoms with Gasteiger partial charge in [0.05, 0.1) is 12.6 Å². The molecule has 1 aliphatic heterocycles. The van der Waals surface area contributed by atoms with Gasteiger partial charge in [0.2, 0.25) is 0 Å². The number of nitrogens with two attached hydrogens (primary N) is 1. The predicted molar refractivity (Wildman–Crippen MR) is 173 cm³/mol. The Morgan fingerprint density at radius 1 is 1.12 bits per heavy atom. The number of aryl methyl sites for hydroxylation is 1. The van der Waals surface area contributed by atoms with Crippen LogP contribution in [0, 0.1) is 18.8 Å². The predicted octanol–water partition coefficient (Wildman–Crippen LogP) is 5.04. The highest BCUT2D eigenvalue weighted by molar-refractivity contribution is 5.88. The Morgan fingerprint density at radius 3 is 2.47 bits per heavy atom. The van der Waals surface area contributed by atoms with Gasteiger partial charge in [-0.25, -0.2) is 0 Å². The second-order valence-corrected chi connectivity index (χ2v) is 13.3. The lowest BCUT2D eigenvalue weighted by Gasteiger charge is -2.54. The zero-order chi connectivity index (χ0) is 31.0. The van der Waals surface area contributed by atoms with Crippen molar-refractivity contribution >= 4 is 5.57 Å². The molecule has 7 heteroatoms. The van der Waals surface area contributed by atoms with E-state index in [9.17, 15) is 10.2 Å². The maximum absolute atomic E-state index is 12.6. The Morgan fingerprint density at radius 2 is 1.81 bits per heavy atom. The summed E-state index contributed by atoms with van der Waals surface area (Å²) in [5.41, 5.74) is 13.3. The minimum absolute atomic E-state index is 0.122. The lowest BCUT2D eigenvalue weighted by Crippen LogP contribution is -2.58. The van der Waals surface area contributed by atoms with Crippen molar-refractivity contribution in [3.63, 3.8) is 0 Å². The molecule has 1 fully saturated rings. The zero-order valence-corrected chi connectivity index (χ0v) is 26.3. The summed E-state index contributed by atoms with van der Waals surface area (Å²) < 4.78 is 6.50. The topological polar surface area (TPSA) is 89.3 Å². The van der Waals surface area contributed by atoms with Gasteiger partial charge in [0.1, 0.15) is 22.9 Å². The van der Waals surface area contributed by atoms with Crippen molar-refractivity contribution in [2.24, 2.45) is 17.6 Å². The molecule has 4 atom stereocenters. The van der Waals surface area contributed by atoms with Gasteiger partial charge in [0.15, 0.2) is 0 Å². The first-order chi connectivity index (χ1) is 20.3. The van der Waals surface area contributed by atoms with Crippen LogP contribution in [0.2, 0.25) is 0 Å². The number of benzene rings is 1. The van der Waals surface area contributed by atoms with E-state index in [0.29, 0.717) is 17.6 Å². The normalized spacial score (nSPS) is 28.3. The summed E-state index contributed by atoms with van der Waals surface area (Å²) in [7, 11) is 6.02. The Hall–Kier alpha value is -3.36. The van der Waals surface area contributed by atoms with E-state index in [1.165, 1.54) is 5.56 Å². The molecule has 3 aliphatic carbocycles. The van der Waals surface area contributed by atoms with Crippen LogP contribution in [0.3, 0.4) is 0 Å². The van der Waals surface area contributed by atoms with Crippen molar-refractivity contribution in [1.29, 1.82) is 0 Å². The summed E-state index contributed by atoms with van der Waals surface area (Å²) in [5, 5.41) is 24.0. The lowest BCUT2D eigenvalue weighted by atomic mass is 9.55. The van der Waals surface area contributed by atoms with Crippen LogP contribution in [0.25, 0.3) is 16.9 Å². The highest BCUT2D eigenvalue weighted by atomic mass is 16.3. The van der Waals surface area contributed by atoms with E-state index in [0.717, 1.165) is 84.1 Å². The SMILES string of the molecule is C=C(N)C1=C(O)C(N(C)C)[C@@H]2C[C@@H]3Cc4c(-c5ccc(CN6CCN(C)CC6)o5)ccc(C)c4C(=C)C3=C(C)[C@]2(O)C1=C. The number of aliphatic hydroxyl groups is 2. The number of hydrogen-bond acceptors (Lipinski definition) is 7. The molecule has 4 N–H and O–H groups in total. The molecule has 0 spiro atoms. The molecule has 228 valence electrons. The average molecular weight is 583 g/mol. The van der Waals surface area contributed by atoms with Gasteiger partial charge in [-0.3, -0.25) is 9.80 Å². The highest BCUT2D eigenvalue weighted by Crippen LogP contribution is 2.58. The van der Waals surface area contributed by atoms with Gasteiger partial charge in [-0.15, -0.1) is 0 Å². The second-order valence-electron chi connectivity index (χ2n) is 13.3. The van der Waals surface area contributed by atoms with Crippen LogP contribution in [0.1, 0.15) is 35.8 Å². The molecule has 0 amide bonds. The summed E-state index contributed by atoms with van der Waals surface area (Å²) in [5.74, 6) is 1.80. The molecule has 0 bridgehead atoms. The first-order valence-corrected chi connectivity index (χ1v) is 15.3. The number of piperazine rings is 1. The van der Waals surface area contributed by atoms with Gasteiger partial charge in [0.25, 0.3) is 0 Å². The monoisotopic (exact) mass is 582 g/mol. The average Bonchev–Trinajstić information content (AvgIpc) is 3.40. The third kappa shape index (κ3) is 4.56. The van der Waals surface area contributed by atoms with Gasteiger partial charge < -0.3 is 25.3 Å². The molecule has 1 unspecified atom stereocenters. The summed E-state index contributed by atoms with van der Waals surface area (Å²) in [6.45, 7) is 22.0. The third-order valence-electron chi connectivity index (χ3n) is 10.5. The Kier molecular flexibility index (Phi) is 7.37. The summed E-state index contributed by atoms with van der Waals surface area (Å²) in [6.07, 6.45) is 1.46. The van der Waals surface area contributed by atoms with Gasteiger partial charge in [-0.2, -0.15) is 0 Å². The first kappa shape index (κ1) is 29.7. The largest absolute Gasteiger partial charge is 0.510 e. The van der Waals surface area contributed by atoms with Crippen LogP contribution < -0.4 is 5.73 Å². The maximum Gasteiger partial charge on any atom is 0.134 e. The van der Waals surface area contributed by atoms with Crippen molar-refractivity contribution in [3.8, 4) is 11.3 Å². The van der Waals surface area contributed by atoms with Gasteiger partial charge in [-0.1, -0.05) is 31.9 Å². The summed E-state index contributed by atoms with van der Waals surface area (Å²) in [4.78, 5) is 6.78. The minimum Gasteiger partial charge on any atom is -0.510 e. The van der Waals surface area contributed by atoms with E-state index in [4.69, 9.17) is 10.2 Å². The van der Waals surface area contributed by atoms with Crippen molar-refractivity contribution in [2.75, 3.05) is 47.3 Å². The van der Waals surface area contributed by atoms with Crippen LogP contribution in [0.15, 0.2) is 82.2 Å². The second kappa shape index (κ2) is 10.7. The number of nitrogens with zero attached hydrogens (tertiary/aromatic N) is 3. The molecule has 1 saturated heterocycles. The fraction of sp³-hybridized carbons (Fsp3) is 0.444. The number of fused-ring (bicyclic) bond motifs is 3. The number of hydrogen-bond donors (Lipinski definition) is 3. The Bertz CT molecular complexity index is 1590. The fourth-order valence-corrected chi connectivity index (χ4v) is 8.34. The summed E-state index contributed by atoms with van der Waals surface area (Å²) >= 11 is 0. The molecule has 43 heavy (non-hydrogen) atoms. The van der Waals surface area contributed by atoms with Gasteiger partial charge in [-0.05, 0) is 105 Å². The standard InChI is InChI=1S/C36H46N4O3/c1-20-9-11-27(30-12-10-26(43-30)19-40-15-13-39(8)14-16-40)28-17-25-18-29-34(38(6)7)35(41)33(24(5)37)23(4)36(29,42)22(3)32(25)21(2)31(20)28/h9-12,25,29,34,41-42H,2,4-5,13-19,37H2,1,3,6-8H3/t25-,29-,34?,36-/m0/s1. The third-order valence-corrected chi connectivity index (χ3v) is 10.5. The number of aliphatic hydroxyl groups excluding tert-OH is 1. The fourth-order valence-electron chi connectivity index (χ4n) is 8.34. The van der Waals surface area contributed by atoms with Crippen molar-refractivity contribution in [1.82, 2.24) is 14.7 Å². The number of allylic oxidation sites excluding steroid dienone is 3. The van der Waals surface area contributed by atoms with Crippen LogP contribution in [-0.2, 0) is 13.0 Å². The van der Waals surface area contributed by atoms with E-state index >= 15 is 0 Å². The zero-order valence-electron chi connectivity index (χ0n) is 26.3. The minimum atomic E-state index is -1.38. The first-order valence-electron chi connectivity index (χ1n) is 15.3. The van der Waals surface area contributed by atoms with Crippen LogP contribution >= 0.6 is 0 Å². The van der Waals surface area contributed by atoms with Crippen molar-refractivity contribution < 1.29 is 14.6 Å². The van der Waals surface area contributed by atoms with Gasteiger partial charge in [0, 0.05) is 48.9 Å². The van der Waals surface area contributed by atoms with Crippen molar-refractivity contribution in [3.05, 3.63) is 100 Å². The molecule has 2 aromatic rings. The molecular formula is C36H46N4O3. The molecule has 1 aromatic heterocycles. The smallest absolute Gasteiger partial charge is 0.134 e. The molecule has 2 heterocycles. The van der Waals surface area contributed by atoms with E-state index in [-0.39, 0.29) is 23.3 Å². The van der Waals surface area contributed by atoms with E-state index in [2.05, 4.69) is 67.8 Å². The molecule has 1 aromatic carbocycles. The van der Waals surface area contributed by atoms with E-state index in [1.54, 1.807) is 0 Å². The number of furan rings is 1. The van der Waals surface area contributed by atoms with Crippen molar-refractivity contribution in [2.45, 2.75) is 44.9 Å². The number of rotatable bonds is 5. The summed E-state index contributed by atoms with van der Waals surface area (Å²) in [6, 6.07) is 8.11. The van der Waals surface area contributed by atoms with E-state index in [1.807, 2.05) is 25.9 Å². The van der Waals surface area contributed by atoms with E-state index < -0.39 is 11.6 Å². The van der Waals surface area contributed by atoms with Crippen LogP contribution in [-0.4, -0.2) is 83.9 Å².